The van der Waals surface area contributed by atoms with Crippen molar-refractivity contribution in [2.45, 2.75) is 6.92 Å². The summed E-state index contributed by atoms with van der Waals surface area (Å²) in [6, 6.07) is 10.7. The molecular formula is C20H17Br2N3O4. The Morgan fingerprint density at radius 1 is 1.24 bits per heavy atom. The molecule has 3 rings (SSSR count). The van der Waals surface area contributed by atoms with Crippen LogP contribution in [0.5, 0.6) is 11.5 Å². The maximum absolute atomic E-state index is 12.9. The van der Waals surface area contributed by atoms with E-state index in [1.54, 1.807) is 25.1 Å². The second-order valence-corrected chi connectivity index (χ2v) is 7.89. The predicted molar refractivity (Wildman–Crippen MR) is 118 cm³/mol. The van der Waals surface area contributed by atoms with Crippen molar-refractivity contribution in [3.63, 3.8) is 0 Å². The molecule has 150 valence electrons. The number of primary amides is 1. The lowest BCUT2D eigenvalue weighted by Gasteiger charge is -2.13. The molecule has 9 heteroatoms. The van der Waals surface area contributed by atoms with Gasteiger partial charge in [0, 0.05) is 8.95 Å². The van der Waals surface area contributed by atoms with Gasteiger partial charge in [0.15, 0.2) is 18.1 Å². The smallest absolute Gasteiger partial charge is 0.280 e. The fourth-order valence-electron chi connectivity index (χ4n) is 2.71. The average molecular weight is 523 g/mol. The molecule has 0 aliphatic carbocycles. The number of benzene rings is 2. The van der Waals surface area contributed by atoms with E-state index in [-0.39, 0.29) is 12.5 Å². The van der Waals surface area contributed by atoms with Gasteiger partial charge in [-0.15, -0.1) is 0 Å². The Bertz CT molecular complexity index is 1050. The van der Waals surface area contributed by atoms with Crippen LogP contribution in [-0.2, 0) is 9.59 Å². The highest BCUT2D eigenvalue weighted by molar-refractivity contribution is 9.10. The molecule has 0 fully saturated rings. The van der Waals surface area contributed by atoms with Crippen molar-refractivity contribution < 1.29 is 19.1 Å². The number of anilines is 1. The first-order valence-electron chi connectivity index (χ1n) is 8.46. The van der Waals surface area contributed by atoms with E-state index in [0.717, 1.165) is 4.47 Å². The first kappa shape index (κ1) is 21.1. The molecule has 29 heavy (non-hydrogen) atoms. The second kappa shape index (κ2) is 8.79. The first-order valence-corrected chi connectivity index (χ1v) is 10.0. The number of hydrazone groups is 1. The molecular weight excluding hydrogens is 506 g/mol. The third-order valence-electron chi connectivity index (χ3n) is 4.07. The van der Waals surface area contributed by atoms with Gasteiger partial charge in [0.1, 0.15) is 0 Å². The molecule has 2 N–H and O–H groups in total. The first-order chi connectivity index (χ1) is 13.8. The van der Waals surface area contributed by atoms with Gasteiger partial charge in [-0.25, -0.2) is 0 Å². The van der Waals surface area contributed by atoms with Crippen LogP contribution in [0.1, 0.15) is 12.5 Å². The lowest BCUT2D eigenvalue weighted by atomic mass is 10.1. The molecule has 0 aromatic heterocycles. The van der Waals surface area contributed by atoms with Gasteiger partial charge in [0.2, 0.25) is 0 Å². The standard InChI is InChI=1S/C20H17Br2N3O4/c1-11-15(20(27)25(24-11)14-5-3-4-13(21)8-14)6-12-7-17(28-2)18(9-16(12)22)29-10-19(23)26/h3-9H,10H2,1-2H3,(H2,23,26). The number of carbonyl (C=O) groups excluding carboxylic acids is 2. The Hall–Kier alpha value is -2.65. The number of rotatable bonds is 6. The van der Waals surface area contributed by atoms with Gasteiger partial charge in [-0.1, -0.05) is 37.9 Å². The minimum atomic E-state index is -0.592. The molecule has 2 amide bonds. The van der Waals surface area contributed by atoms with Gasteiger partial charge >= 0.3 is 0 Å². The van der Waals surface area contributed by atoms with E-state index in [2.05, 4.69) is 37.0 Å². The topological polar surface area (TPSA) is 94.2 Å². The summed E-state index contributed by atoms with van der Waals surface area (Å²) in [4.78, 5) is 23.9. The molecule has 2 aromatic carbocycles. The van der Waals surface area contributed by atoms with Gasteiger partial charge in [-0.3, -0.25) is 9.59 Å². The van der Waals surface area contributed by atoms with Crippen molar-refractivity contribution in [3.05, 3.63) is 56.5 Å². The molecule has 2 aromatic rings. The summed E-state index contributed by atoms with van der Waals surface area (Å²) in [6.07, 6.45) is 1.73. The van der Waals surface area contributed by atoms with Crippen LogP contribution in [0.2, 0.25) is 0 Å². The lowest BCUT2D eigenvalue weighted by Crippen LogP contribution is -2.21. The summed E-state index contributed by atoms with van der Waals surface area (Å²) >= 11 is 6.87. The Kier molecular flexibility index (Phi) is 6.39. The fraction of sp³-hybridized carbons (Fsp3) is 0.150. The lowest BCUT2D eigenvalue weighted by molar-refractivity contribution is -0.120. The van der Waals surface area contributed by atoms with Gasteiger partial charge in [-0.2, -0.15) is 10.1 Å². The summed E-state index contributed by atoms with van der Waals surface area (Å²) < 4.78 is 12.2. The van der Waals surface area contributed by atoms with E-state index >= 15 is 0 Å². The van der Waals surface area contributed by atoms with E-state index in [1.165, 1.54) is 12.1 Å². The van der Waals surface area contributed by atoms with Crippen molar-refractivity contribution >= 4 is 61.1 Å². The van der Waals surface area contributed by atoms with Crippen molar-refractivity contribution in [1.82, 2.24) is 0 Å². The Morgan fingerprint density at radius 2 is 2.00 bits per heavy atom. The number of ether oxygens (including phenoxy) is 2. The van der Waals surface area contributed by atoms with Crippen LogP contribution in [0, 0.1) is 0 Å². The highest BCUT2D eigenvalue weighted by Crippen LogP contribution is 2.35. The zero-order valence-corrected chi connectivity index (χ0v) is 18.8. The molecule has 1 aliphatic heterocycles. The number of hydrogen-bond acceptors (Lipinski definition) is 5. The highest BCUT2D eigenvalue weighted by atomic mass is 79.9. The highest BCUT2D eigenvalue weighted by Gasteiger charge is 2.29. The summed E-state index contributed by atoms with van der Waals surface area (Å²) in [5, 5.41) is 5.75. The largest absolute Gasteiger partial charge is 0.493 e. The summed E-state index contributed by atoms with van der Waals surface area (Å²) in [5.41, 5.74) is 7.54. The van der Waals surface area contributed by atoms with E-state index < -0.39 is 5.91 Å². The average Bonchev–Trinajstić information content (AvgIpc) is 2.96. The van der Waals surface area contributed by atoms with Crippen LogP contribution >= 0.6 is 31.9 Å². The van der Waals surface area contributed by atoms with Crippen molar-refractivity contribution in [1.29, 1.82) is 0 Å². The van der Waals surface area contributed by atoms with Crippen LogP contribution in [0.25, 0.3) is 6.08 Å². The maximum atomic E-state index is 12.9. The fourth-order valence-corrected chi connectivity index (χ4v) is 3.53. The number of nitrogens with two attached hydrogens (primary N) is 1. The molecule has 0 spiro atoms. The minimum Gasteiger partial charge on any atom is -0.493 e. The van der Waals surface area contributed by atoms with E-state index in [0.29, 0.717) is 38.5 Å². The van der Waals surface area contributed by atoms with Gasteiger partial charge in [-0.05, 0) is 48.9 Å². The number of halogens is 2. The van der Waals surface area contributed by atoms with Crippen molar-refractivity contribution in [3.8, 4) is 11.5 Å². The number of carbonyl (C=O) groups is 2. The number of hydrogen-bond donors (Lipinski definition) is 1. The Morgan fingerprint density at radius 3 is 2.66 bits per heavy atom. The number of methoxy groups -OCH3 is 1. The Balaban J connectivity index is 1.94. The van der Waals surface area contributed by atoms with Crippen molar-refractivity contribution in [2.75, 3.05) is 18.7 Å². The van der Waals surface area contributed by atoms with Crippen LogP contribution in [-0.4, -0.2) is 31.2 Å². The second-order valence-electron chi connectivity index (χ2n) is 6.12. The van der Waals surface area contributed by atoms with Crippen LogP contribution in [0.15, 0.2) is 56.0 Å². The summed E-state index contributed by atoms with van der Waals surface area (Å²) in [6.45, 7) is 1.51. The maximum Gasteiger partial charge on any atom is 0.280 e. The third kappa shape index (κ3) is 4.68. The molecule has 0 bridgehead atoms. The van der Waals surface area contributed by atoms with Crippen LogP contribution in [0.4, 0.5) is 5.69 Å². The molecule has 0 atom stereocenters. The third-order valence-corrected chi connectivity index (χ3v) is 5.25. The number of nitrogens with zero attached hydrogens (tertiary/aromatic N) is 2. The van der Waals surface area contributed by atoms with Gasteiger partial charge in [0.25, 0.3) is 11.8 Å². The molecule has 0 radical (unpaired) electrons. The number of amides is 2. The molecule has 1 aliphatic rings. The normalized spacial score (nSPS) is 14.9. The van der Waals surface area contributed by atoms with Crippen molar-refractivity contribution in [2.24, 2.45) is 10.8 Å². The van der Waals surface area contributed by atoms with E-state index in [9.17, 15) is 9.59 Å². The van der Waals surface area contributed by atoms with Crippen LogP contribution < -0.4 is 20.2 Å². The van der Waals surface area contributed by atoms with E-state index in [4.69, 9.17) is 15.2 Å². The predicted octanol–water partition coefficient (Wildman–Crippen LogP) is 3.89. The zero-order valence-electron chi connectivity index (χ0n) is 15.6. The van der Waals surface area contributed by atoms with Gasteiger partial charge < -0.3 is 15.2 Å². The summed E-state index contributed by atoms with van der Waals surface area (Å²) in [7, 11) is 1.49. The SMILES string of the molecule is COc1cc(C=C2C(=O)N(c3cccc(Br)c3)N=C2C)c(Br)cc1OCC(N)=O. The molecule has 0 unspecified atom stereocenters. The quantitative estimate of drug-likeness (QED) is 0.582. The van der Waals surface area contributed by atoms with E-state index in [1.807, 2.05) is 24.3 Å². The minimum absolute atomic E-state index is 0.236. The molecule has 7 nitrogen and oxygen atoms in total. The molecule has 0 saturated heterocycles. The zero-order chi connectivity index (χ0) is 21.1. The molecule has 1 heterocycles. The summed E-state index contributed by atoms with van der Waals surface area (Å²) in [5.74, 6) is -0.0599. The van der Waals surface area contributed by atoms with Gasteiger partial charge in [0.05, 0.1) is 24.1 Å². The van der Waals surface area contributed by atoms with Crippen LogP contribution in [0.3, 0.4) is 0 Å². The Labute approximate surface area is 184 Å². The molecule has 0 saturated carbocycles. The monoisotopic (exact) mass is 521 g/mol.